The molecule has 0 fully saturated rings. The predicted octanol–water partition coefficient (Wildman–Crippen LogP) is 4.38. The summed E-state index contributed by atoms with van der Waals surface area (Å²) in [5.41, 5.74) is 1.75. The lowest BCUT2D eigenvalue weighted by Crippen LogP contribution is -2.11. The van der Waals surface area contributed by atoms with Gasteiger partial charge in [-0.15, -0.1) is 0 Å². The summed E-state index contributed by atoms with van der Waals surface area (Å²) in [5, 5.41) is 0.344. The van der Waals surface area contributed by atoms with Gasteiger partial charge in [-0.05, 0) is 43.7 Å². The standard InChI is InChI=1S/C14H12Cl2O3S/c1-9-3-6-13(10(2)7-9)19-20(17,18)14-8-11(15)4-5-12(14)16/h3-8H,1-2H3. The van der Waals surface area contributed by atoms with E-state index in [1.807, 2.05) is 13.0 Å². The van der Waals surface area contributed by atoms with E-state index in [-0.39, 0.29) is 20.7 Å². The first-order valence-corrected chi connectivity index (χ1v) is 7.93. The highest BCUT2D eigenvalue weighted by Gasteiger charge is 2.21. The largest absolute Gasteiger partial charge is 0.379 e. The van der Waals surface area contributed by atoms with Gasteiger partial charge in [-0.3, -0.25) is 0 Å². The minimum Gasteiger partial charge on any atom is -0.379 e. The van der Waals surface area contributed by atoms with Crippen LogP contribution in [0.1, 0.15) is 11.1 Å². The van der Waals surface area contributed by atoms with Gasteiger partial charge in [0.25, 0.3) is 0 Å². The monoisotopic (exact) mass is 330 g/mol. The van der Waals surface area contributed by atoms with E-state index in [9.17, 15) is 8.42 Å². The van der Waals surface area contributed by atoms with Gasteiger partial charge in [0, 0.05) is 5.02 Å². The summed E-state index contributed by atoms with van der Waals surface area (Å²) < 4.78 is 29.6. The highest BCUT2D eigenvalue weighted by atomic mass is 35.5. The quantitative estimate of drug-likeness (QED) is 0.784. The fourth-order valence-electron chi connectivity index (χ4n) is 1.72. The Labute approximate surface area is 128 Å². The highest BCUT2D eigenvalue weighted by molar-refractivity contribution is 7.87. The zero-order valence-electron chi connectivity index (χ0n) is 10.9. The molecule has 0 radical (unpaired) electrons. The molecule has 0 saturated carbocycles. The Bertz CT molecular complexity index is 755. The molecule has 0 saturated heterocycles. The van der Waals surface area contributed by atoms with Gasteiger partial charge in [-0.2, -0.15) is 8.42 Å². The minimum atomic E-state index is -4.02. The Morgan fingerprint density at radius 2 is 1.70 bits per heavy atom. The van der Waals surface area contributed by atoms with Crippen molar-refractivity contribution in [2.24, 2.45) is 0 Å². The van der Waals surface area contributed by atoms with Crippen molar-refractivity contribution in [3.8, 4) is 5.75 Å². The summed E-state index contributed by atoms with van der Waals surface area (Å²) in [6.45, 7) is 3.69. The Kier molecular flexibility index (Phi) is 4.28. The van der Waals surface area contributed by atoms with Gasteiger partial charge >= 0.3 is 10.1 Å². The topological polar surface area (TPSA) is 43.4 Å². The van der Waals surface area contributed by atoms with Crippen molar-refractivity contribution in [1.29, 1.82) is 0 Å². The number of benzene rings is 2. The van der Waals surface area contributed by atoms with Crippen molar-refractivity contribution in [3.05, 3.63) is 57.6 Å². The maximum Gasteiger partial charge on any atom is 0.340 e. The van der Waals surface area contributed by atoms with Gasteiger partial charge in [-0.1, -0.05) is 40.9 Å². The second-order valence-electron chi connectivity index (χ2n) is 4.38. The Morgan fingerprint density at radius 3 is 2.35 bits per heavy atom. The van der Waals surface area contributed by atoms with E-state index in [0.717, 1.165) is 11.1 Å². The van der Waals surface area contributed by atoms with Crippen molar-refractivity contribution in [2.45, 2.75) is 18.7 Å². The molecule has 0 spiro atoms. The van der Waals surface area contributed by atoms with Crippen LogP contribution < -0.4 is 4.18 Å². The fraction of sp³-hybridized carbons (Fsp3) is 0.143. The molecule has 20 heavy (non-hydrogen) atoms. The van der Waals surface area contributed by atoms with E-state index in [1.54, 1.807) is 19.1 Å². The lowest BCUT2D eigenvalue weighted by atomic mass is 10.1. The normalized spacial score (nSPS) is 11.4. The van der Waals surface area contributed by atoms with Gasteiger partial charge in [-0.25, -0.2) is 0 Å². The van der Waals surface area contributed by atoms with Crippen LogP contribution in [0.25, 0.3) is 0 Å². The third-order valence-electron chi connectivity index (χ3n) is 2.69. The molecule has 0 atom stereocenters. The number of hydrogen-bond donors (Lipinski definition) is 0. The molecular formula is C14H12Cl2O3S. The summed E-state index contributed by atoms with van der Waals surface area (Å²) in [7, 11) is -4.02. The summed E-state index contributed by atoms with van der Waals surface area (Å²) in [6.07, 6.45) is 0. The van der Waals surface area contributed by atoms with Gasteiger partial charge in [0.15, 0.2) is 0 Å². The SMILES string of the molecule is Cc1ccc(OS(=O)(=O)c2cc(Cl)ccc2Cl)c(C)c1. The predicted molar refractivity (Wildman–Crippen MR) is 80.2 cm³/mol. The average molecular weight is 331 g/mol. The number of rotatable bonds is 3. The van der Waals surface area contributed by atoms with Gasteiger partial charge in [0.2, 0.25) is 0 Å². The third kappa shape index (κ3) is 3.26. The number of halogens is 2. The van der Waals surface area contributed by atoms with E-state index in [0.29, 0.717) is 0 Å². The molecule has 2 aromatic rings. The molecule has 0 aliphatic rings. The van der Waals surface area contributed by atoms with E-state index in [4.69, 9.17) is 27.4 Å². The first-order chi connectivity index (χ1) is 9.29. The second-order valence-corrected chi connectivity index (χ2v) is 6.74. The summed E-state index contributed by atoms with van der Waals surface area (Å²) in [4.78, 5) is -0.147. The first kappa shape index (κ1) is 15.2. The maximum absolute atomic E-state index is 12.2. The van der Waals surface area contributed by atoms with Crippen LogP contribution in [0, 0.1) is 13.8 Å². The Morgan fingerprint density at radius 1 is 1.00 bits per heavy atom. The van der Waals surface area contributed by atoms with E-state index >= 15 is 0 Å². The van der Waals surface area contributed by atoms with Crippen LogP contribution in [0.5, 0.6) is 5.75 Å². The summed E-state index contributed by atoms with van der Waals surface area (Å²) >= 11 is 11.7. The maximum atomic E-state index is 12.2. The van der Waals surface area contributed by atoms with Crippen LogP contribution in [0.15, 0.2) is 41.3 Å². The van der Waals surface area contributed by atoms with Crippen molar-refractivity contribution in [2.75, 3.05) is 0 Å². The molecule has 2 aromatic carbocycles. The molecule has 0 aliphatic carbocycles. The van der Waals surface area contributed by atoms with Crippen LogP contribution in [0.3, 0.4) is 0 Å². The minimum absolute atomic E-state index is 0.0687. The van der Waals surface area contributed by atoms with Gasteiger partial charge in [0.05, 0.1) is 5.02 Å². The molecular weight excluding hydrogens is 319 g/mol. The zero-order valence-corrected chi connectivity index (χ0v) is 13.2. The summed E-state index contributed by atoms with van der Waals surface area (Å²) in [5.74, 6) is 0.270. The first-order valence-electron chi connectivity index (χ1n) is 5.76. The molecule has 106 valence electrons. The van der Waals surface area contributed by atoms with Crippen molar-refractivity contribution >= 4 is 33.3 Å². The molecule has 0 bridgehead atoms. The van der Waals surface area contributed by atoms with Gasteiger partial charge < -0.3 is 4.18 Å². The van der Waals surface area contributed by atoms with Crippen molar-refractivity contribution < 1.29 is 12.6 Å². The molecule has 0 amide bonds. The summed E-state index contributed by atoms with van der Waals surface area (Å²) in [6, 6.07) is 9.42. The molecule has 0 aliphatic heterocycles. The number of aryl methyl sites for hydroxylation is 2. The van der Waals surface area contributed by atoms with Crippen LogP contribution in [0.2, 0.25) is 10.0 Å². The van der Waals surface area contributed by atoms with E-state index in [2.05, 4.69) is 0 Å². The van der Waals surface area contributed by atoms with E-state index < -0.39 is 10.1 Å². The molecule has 6 heteroatoms. The highest BCUT2D eigenvalue weighted by Crippen LogP contribution is 2.29. The lowest BCUT2D eigenvalue weighted by molar-refractivity contribution is 0.484. The van der Waals surface area contributed by atoms with Crippen LogP contribution in [0.4, 0.5) is 0 Å². The molecule has 3 nitrogen and oxygen atoms in total. The van der Waals surface area contributed by atoms with Crippen LogP contribution in [-0.4, -0.2) is 8.42 Å². The Hall–Kier alpha value is -1.23. The fourth-order valence-corrected chi connectivity index (χ4v) is 3.45. The molecule has 0 N–H and O–H groups in total. The third-order valence-corrected chi connectivity index (χ3v) is 4.64. The smallest absolute Gasteiger partial charge is 0.340 e. The lowest BCUT2D eigenvalue weighted by Gasteiger charge is -2.11. The molecule has 0 unspecified atom stereocenters. The van der Waals surface area contributed by atoms with Crippen LogP contribution >= 0.6 is 23.2 Å². The van der Waals surface area contributed by atoms with Gasteiger partial charge in [0.1, 0.15) is 10.6 Å². The van der Waals surface area contributed by atoms with Crippen LogP contribution in [-0.2, 0) is 10.1 Å². The average Bonchev–Trinajstić information content (AvgIpc) is 2.35. The molecule has 0 heterocycles. The Balaban J connectivity index is 2.43. The second kappa shape index (κ2) is 5.64. The zero-order chi connectivity index (χ0) is 14.9. The van der Waals surface area contributed by atoms with Crippen molar-refractivity contribution in [1.82, 2.24) is 0 Å². The number of hydrogen-bond acceptors (Lipinski definition) is 3. The molecule has 2 rings (SSSR count). The van der Waals surface area contributed by atoms with Crippen molar-refractivity contribution in [3.63, 3.8) is 0 Å². The molecule has 0 aromatic heterocycles. The van der Waals surface area contributed by atoms with E-state index in [1.165, 1.54) is 18.2 Å².